The number of hydrogen-bond donors (Lipinski definition) is 1. The molecule has 1 fully saturated rings. The highest BCUT2D eigenvalue weighted by molar-refractivity contribution is 5.66. The fourth-order valence-electron chi connectivity index (χ4n) is 2.63. The molecule has 0 bridgehead atoms. The van der Waals surface area contributed by atoms with E-state index in [1.165, 1.54) is 12.8 Å². The first-order valence-corrected chi connectivity index (χ1v) is 5.98. The first kappa shape index (κ1) is 12.0. The van der Waals surface area contributed by atoms with E-state index in [2.05, 4.69) is 29.4 Å². The molecule has 1 saturated carbocycles. The Labute approximate surface area is 100 Å². The van der Waals surface area contributed by atoms with Crippen LogP contribution in [0.15, 0.2) is 0 Å². The van der Waals surface area contributed by atoms with Crippen LogP contribution in [0, 0.1) is 5.41 Å². The normalized spacial score (nSPS) is 22.8. The number of rotatable bonds is 4. The van der Waals surface area contributed by atoms with Gasteiger partial charge in [-0.05, 0) is 28.7 Å². The molecule has 1 N–H and O–H groups in total. The van der Waals surface area contributed by atoms with E-state index in [1.54, 1.807) is 4.68 Å². The van der Waals surface area contributed by atoms with Crippen molar-refractivity contribution in [2.45, 2.75) is 52.0 Å². The maximum atomic E-state index is 10.6. The van der Waals surface area contributed by atoms with E-state index in [9.17, 15) is 4.79 Å². The second kappa shape index (κ2) is 4.43. The summed E-state index contributed by atoms with van der Waals surface area (Å²) in [5, 5.41) is 20.3. The van der Waals surface area contributed by atoms with E-state index in [-0.39, 0.29) is 11.8 Å². The van der Waals surface area contributed by atoms with Crippen LogP contribution in [-0.2, 0) is 11.3 Å². The molecular formula is C11H18N4O2. The Kier molecular flexibility index (Phi) is 3.13. The van der Waals surface area contributed by atoms with Crippen molar-refractivity contribution in [2.24, 2.45) is 5.41 Å². The second-order valence-electron chi connectivity index (χ2n) is 5.34. The van der Waals surface area contributed by atoms with Crippen LogP contribution in [0.2, 0.25) is 0 Å². The van der Waals surface area contributed by atoms with E-state index in [1.807, 2.05) is 0 Å². The van der Waals surface area contributed by atoms with Gasteiger partial charge in [-0.2, -0.15) is 0 Å². The number of aryl methyl sites for hydroxylation is 1. The number of carbonyl (C=O) groups is 1. The lowest BCUT2D eigenvalue weighted by Gasteiger charge is -2.25. The maximum Gasteiger partial charge on any atom is 0.305 e. The van der Waals surface area contributed by atoms with Crippen molar-refractivity contribution in [2.75, 3.05) is 0 Å². The van der Waals surface area contributed by atoms with Crippen molar-refractivity contribution >= 4 is 5.97 Å². The van der Waals surface area contributed by atoms with Gasteiger partial charge in [0.25, 0.3) is 0 Å². The van der Waals surface area contributed by atoms with Gasteiger partial charge in [0, 0.05) is 5.92 Å². The standard InChI is InChI=1S/C11H18N4O2/c1-11(2)6-3-4-8(11)10-12-13-14-15(10)7-5-9(16)17/h8H,3-7H2,1-2H3,(H,16,17). The minimum atomic E-state index is -0.822. The fourth-order valence-corrected chi connectivity index (χ4v) is 2.63. The summed E-state index contributed by atoms with van der Waals surface area (Å²) in [6, 6.07) is 0. The Morgan fingerprint density at radius 3 is 2.94 bits per heavy atom. The lowest BCUT2D eigenvalue weighted by Crippen LogP contribution is -2.21. The van der Waals surface area contributed by atoms with Crippen molar-refractivity contribution in [3.8, 4) is 0 Å². The summed E-state index contributed by atoms with van der Waals surface area (Å²) in [5.41, 5.74) is 0.204. The molecule has 6 heteroatoms. The van der Waals surface area contributed by atoms with Crippen LogP contribution < -0.4 is 0 Å². The van der Waals surface area contributed by atoms with E-state index in [0.29, 0.717) is 12.5 Å². The minimum absolute atomic E-state index is 0.0607. The molecule has 1 heterocycles. The lowest BCUT2D eigenvalue weighted by atomic mass is 9.81. The third kappa shape index (κ3) is 2.45. The average molecular weight is 238 g/mol. The number of aromatic nitrogens is 4. The van der Waals surface area contributed by atoms with Crippen molar-refractivity contribution in [1.82, 2.24) is 20.2 Å². The molecule has 0 aliphatic heterocycles. The zero-order valence-electron chi connectivity index (χ0n) is 10.3. The third-order valence-electron chi connectivity index (χ3n) is 3.67. The Balaban J connectivity index is 2.16. The van der Waals surface area contributed by atoms with Gasteiger partial charge in [-0.3, -0.25) is 4.79 Å². The number of hydrogen-bond acceptors (Lipinski definition) is 4. The monoisotopic (exact) mass is 238 g/mol. The number of carboxylic acid groups (broad SMARTS) is 1. The molecule has 2 rings (SSSR count). The van der Waals surface area contributed by atoms with Crippen molar-refractivity contribution in [3.63, 3.8) is 0 Å². The van der Waals surface area contributed by atoms with Crippen LogP contribution in [-0.4, -0.2) is 31.3 Å². The largest absolute Gasteiger partial charge is 0.481 e. The summed E-state index contributed by atoms with van der Waals surface area (Å²) in [4.78, 5) is 10.6. The predicted molar refractivity (Wildman–Crippen MR) is 60.4 cm³/mol. The highest BCUT2D eigenvalue weighted by atomic mass is 16.4. The van der Waals surface area contributed by atoms with E-state index in [4.69, 9.17) is 5.11 Å². The fraction of sp³-hybridized carbons (Fsp3) is 0.818. The summed E-state index contributed by atoms with van der Waals surface area (Å²) < 4.78 is 1.64. The van der Waals surface area contributed by atoms with Crippen LogP contribution in [0.4, 0.5) is 0 Å². The van der Waals surface area contributed by atoms with Gasteiger partial charge in [-0.15, -0.1) is 5.10 Å². The number of carboxylic acids is 1. The molecule has 1 aromatic rings. The molecule has 6 nitrogen and oxygen atoms in total. The van der Waals surface area contributed by atoms with Gasteiger partial charge >= 0.3 is 5.97 Å². The van der Waals surface area contributed by atoms with Crippen molar-refractivity contribution < 1.29 is 9.90 Å². The maximum absolute atomic E-state index is 10.6. The van der Waals surface area contributed by atoms with Gasteiger partial charge in [0.2, 0.25) is 0 Å². The first-order chi connectivity index (χ1) is 8.00. The van der Waals surface area contributed by atoms with Gasteiger partial charge in [-0.1, -0.05) is 20.3 Å². The molecule has 17 heavy (non-hydrogen) atoms. The summed E-state index contributed by atoms with van der Waals surface area (Å²) in [6.07, 6.45) is 3.50. The number of nitrogens with zero attached hydrogens (tertiary/aromatic N) is 4. The second-order valence-corrected chi connectivity index (χ2v) is 5.34. The molecule has 0 aromatic carbocycles. The van der Waals surface area contributed by atoms with Crippen LogP contribution in [0.1, 0.15) is 51.3 Å². The summed E-state index contributed by atoms with van der Waals surface area (Å²) in [6.45, 7) is 4.80. The lowest BCUT2D eigenvalue weighted by molar-refractivity contribution is -0.137. The molecule has 1 aliphatic rings. The zero-order chi connectivity index (χ0) is 12.5. The summed E-state index contributed by atoms with van der Waals surface area (Å²) in [5.74, 6) is 0.358. The van der Waals surface area contributed by atoms with Crippen molar-refractivity contribution in [1.29, 1.82) is 0 Å². The average Bonchev–Trinajstić information content (AvgIpc) is 2.80. The first-order valence-electron chi connectivity index (χ1n) is 5.98. The Hall–Kier alpha value is -1.46. The molecular weight excluding hydrogens is 220 g/mol. The molecule has 94 valence electrons. The molecule has 1 unspecified atom stereocenters. The van der Waals surface area contributed by atoms with Gasteiger partial charge in [0.15, 0.2) is 5.82 Å². The van der Waals surface area contributed by atoms with Crippen LogP contribution in [0.25, 0.3) is 0 Å². The van der Waals surface area contributed by atoms with E-state index < -0.39 is 5.97 Å². The smallest absolute Gasteiger partial charge is 0.305 e. The molecule has 0 saturated heterocycles. The Morgan fingerprint density at radius 2 is 2.35 bits per heavy atom. The Bertz CT molecular complexity index is 413. The quantitative estimate of drug-likeness (QED) is 0.858. The molecule has 1 atom stereocenters. The Morgan fingerprint density at radius 1 is 1.59 bits per heavy atom. The SMILES string of the molecule is CC1(C)CCCC1c1nnnn1CCC(=O)O. The molecule has 0 spiro atoms. The van der Waals surface area contributed by atoms with E-state index >= 15 is 0 Å². The highest BCUT2D eigenvalue weighted by Gasteiger charge is 2.38. The van der Waals surface area contributed by atoms with Gasteiger partial charge in [0.1, 0.15) is 0 Å². The molecule has 0 amide bonds. The number of aliphatic carboxylic acids is 1. The predicted octanol–water partition coefficient (Wildman–Crippen LogP) is 1.44. The highest BCUT2D eigenvalue weighted by Crippen LogP contribution is 2.47. The third-order valence-corrected chi connectivity index (χ3v) is 3.67. The molecule has 1 aromatic heterocycles. The van der Waals surface area contributed by atoms with Crippen LogP contribution in [0.3, 0.4) is 0 Å². The van der Waals surface area contributed by atoms with Crippen LogP contribution in [0.5, 0.6) is 0 Å². The van der Waals surface area contributed by atoms with E-state index in [0.717, 1.165) is 12.2 Å². The summed E-state index contributed by atoms with van der Waals surface area (Å²) >= 11 is 0. The zero-order valence-corrected chi connectivity index (χ0v) is 10.3. The van der Waals surface area contributed by atoms with Gasteiger partial charge in [0.05, 0.1) is 13.0 Å². The van der Waals surface area contributed by atoms with Gasteiger partial charge < -0.3 is 5.11 Å². The molecule has 1 aliphatic carbocycles. The number of tetrazole rings is 1. The molecule has 0 radical (unpaired) electrons. The topological polar surface area (TPSA) is 80.9 Å². The van der Waals surface area contributed by atoms with Gasteiger partial charge in [-0.25, -0.2) is 4.68 Å². The minimum Gasteiger partial charge on any atom is -0.481 e. The van der Waals surface area contributed by atoms with Crippen LogP contribution >= 0.6 is 0 Å². The summed E-state index contributed by atoms with van der Waals surface area (Å²) in [7, 11) is 0. The van der Waals surface area contributed by atoms with Crippen molar-refractivity contribution in [3.05, 3.63) is 5.82 Å².